The molecule has 3 rings (SSSR count). The van der Waals surface area contributed by atoms with Crippen LogP contribution in [0.2, 0.25) is 10.5 Å². The second-order valence-corrected chi connectivity index (χ2v) is 14.6. The number of hydrogen-bond donors (Lipinski definition) is 0. The molecule has 0 bridgehead atoms. The maximum absolute atomic E-state index is 12.9. The van der Waals surface area contributed by atoms with E-state index < -0.39 is 13.3 Å². The first-order valence-corrected chi connectivity index (χ1v) is 11.8. The van der Waals surface area contributed by atoms with E-state index in [1.807, 2.05) is 50.2 Å². The molecular weight excluding hydrogens is 297 g/mol. The third kappa shape index (κ3) is 1.49. The van der Waals surface area contributed by atoms with Crippen LogP contribution in [0.5, 0.6) is 0 Å². The average Bonchev–Trinajstić information content (AvgIpc) is 2.46. The number of rotatable bonds is 2. The Kier molecular flexibility index (Phi) is 2.86. The van der Waals surface area contributed by atoms with E-state index in [4.69, 9.17) is 0 Å². The molecule has 0 atom stereocenters. The topological polar surface area (TPSA) is 34.1 Å². The Morgan fingerprint density at radius 1 is 0.842 bits per heavy atom. The van der Waals surface area contributed by atoms with Crippen LogP contribution < -0.4 is 0 Å². The summed E-state index contributed by atoms with van der Waals surface area (Å²) in [5.74, 6) is 0. The van der Waals surface area contributed by atoms with E-state index in [0.29, 0.717) is 0 Å². The average molecular weight is 313 g/mol. The summed E-state index contributed by atoms with van der Waals surface area (Å²) in [6.07, 6.45) is 0. The molecule has 0 saturated heterocycles. The molecule has 1 aliphatic heterocycles. The molecule has 2 aromatic carbocycles. The minimum atomic E-state index is -3.13. The quantitative estimate of drug-likeness (QED) is 0.791. The molecule has 0 spiro atoms. The summed E-state index contributed by atoms with van der Waals surface area (Å²) >= 11 is -3.13. The normalized spacial score (nSPS) is 16.9. The van der Waals surface area contributed by atoms with Crippen LogP contribution in [0, 0.1) is 0 Å². The van der Waals surface area contributed by atoms with E-state index in [-0.39, 0.29) is 9.23 Å². The van der Waals surface area contributed by atoms with Crippen molar-refractivity contribution >= 4 is 33.3 Å². The number of carbonyl (C=O) groups is 2. The zero-order valence-corrected chi connectivity index (χ0v) is 13.3. The van der Waals surface area contributed by atoms with Gasteiger partial charge < -0.3 is 0 Å². The molecule has 0 radical (unpaired) electrons. The molecule has 0 unspecified atom stereocenters. The number of benzene rings is 2. The van der Waals surface area contributed by atoms with Gasteiger partial charge in [0.25, 0.3) is 0 Å². The fourth-order valence-corrected chi connectivity index (χ4v) is 10.4. The standard InChI is InChI=1S/C16H16GeO2/c1-3-17(4-2)15(18)12-9-5-7-11-8-6-10-13(14(11)12)16(17)19/h5-10H,3-4H2,1-2H3. The Hall–Kier alpha value is -1.42. The molecule has 2 aromatic rings. The number of hydrogen-bond acceptors (Lipinski definition) is 2. The van der Waals surface area contributed by atoms with E-state index in [1.165, 1.54) is 0 Å². The van der Waals surface area contributed by atoms with Gasteiger partial charge in [-0.05, 0) is 0 Å². The van der Waals surface area contributed by atoms with Crippen molar-refractivity contribution in [1.82, 2.24) is 0 Å². The van der Waals surface area contributed by atoms with Gasteiger partial charge in [0.2, 0.25) is 0 Å². The molecule has 1 heterocycles. The van der Waals surface area contributed by atoms with Crippen molar-refractivity contribution in [2.75, 3.05) is 0 Å². The molecule has 96 valence electrons. The number of carbonyl (C=O) groups excluding carboxylic acids is 2. The van der Waals surface area contributed by atoms with Crippen molar-refractivity contribution < 1.29 is 9.59 Å². The molecule has 0 saturated carbocycles. The van der Waals surface area contributed by atoms with Gasteiger partial charge in [0, 0.05) is 0 Å². The van der Waals surface area contributed by atoms with Crippen molar-refractivity contribution in [2.45, 2.75) is 24.4 Å². The Morgan fingerprint density at radius 3 is 1.74 bits per heavy atom. The second-order valence-electron chi connectivity index (χ2n) is 5.16. The molecule has 0 fully saturated rings. The Bertz CT molecular complexity index is 646. The van der Waals surface area contributed by atoms with Crippen LogP contribution in [0.15, 0.2) is 36.4 Å². The van der Waals surface area contributed by atoms with Crippen molar-refractivity contribution in [3.63, 3.8) is 0 Å². The fraction of sp³-hybridized carbons (Fsp3) is 0.250. The fourth-order valence-electron chi connectivity index (χ4n) is 3.23. The van der Waals surface area contributed by atoms with Crippen LogP contribution in [-0.4, -0.2) is 22.5 Å². The summed E-state index contributed by atoms with van der Waals surface area (Å²) in [6.45, 7) is 4.01. The maximum atomic E-state index is 12.9. The van der Waals surface area contributed by atoms with Gasteiger partial charge in [-0.3, -0.25) is 0 Å². The van der Waals surface area contributed by atoms with Gasteiger partial charge in [0.1, 0.15) is 0 Å². The van der Waals surface area contributed by atoms with Gasteiger partial charge in [-0.2, -0.15) is 0 Å². The molecule has 3 heteroatoms. The van der Waals surface area contributed by atoms with Crippen LogP contribution in [0.1, 0.15) is 34.6 Å². The minimum absolute atomic E-state index is 0.180. The van der Waals surface area contributed by atoms with Crippen LogP contribution in [0.4, 0.5) is 0 Å². The van der Waals surface area contributed by atoms with E-state index in [9.17, 15) is 9.59 Å². The van der Waals surface area contributed by atoms with Gasteiger partial charge in [-0.25, -0.2) is 0 Å². The monoisotopic (exact) mass is 314 g/mol. The first-order valence-electron chi connectivity index (χ1n) is 6.77. The van der Waals surface area contributed by atoms with Crippen molar-refractivity contribution in [2.24, 2.45) is 0 Å². The third-order valence-corrected chi connectivity index (χ3v) is 14.3. The van der Waals surface area contributed by atoms with Crippen LogP contribution in [0.25, 0.3) is 10.8 Å². The van der Waals surface area contributed by atoms with Crippen molar-refractivity contribution in [3.05, 3.63) is 47.5 Å². The summed E-state index contributed by atoms with van der Waals surface area (Å²) < 4.78 is 0.360. The van der Waals surface area contributed by atoms with Crippen molar-refractivity contribution in [3.8, 4) is 0 Å². The van der Waals surface area contributed by atoms with Crippen molar-refractivity contribution in [1.29, 1.82) is 0 Å². The second kappa shape index (κ2) is 4.31. The molecular formula is C16H16GeO2. The van der Waals surface area contributed by atoms with Gasteiger partial charge in [0.05, 0.1) is 0 Å². The van der Waals surface area contributed by atoms with Crippen LogP contribution >= 0.6 is 0 Å². The Labute approximate surface area is 115 Å². The van der Waals surface area contributed by atoms with E-state index >= 15 is 0 Å². The molecule has 0 aromatic heterocycles. The molecule has 0 N–H and O–H groups in total. The molecule has 2 nitrogen and oxygen atoms in total. The summed E-state index contributed by atoms with van der Waals surface area (Å²) in [6, 6.07) is 11.6. The predicted molar refractivity (Wildman–Crippen MR) is 79.3 cm³/mol. The predicted octanol–water partition coefficient (Wildman–Crippen LogP) is 3.79. The molecule has 0 aliphatic carbocycles. The van der Waals surface area contributed by atoms with Gasteiger partial charge in [-0.1, -0.05) is 0 Å². The van der Waals surface area contributed by atoms with Gasteiger partial charge >= 0.3 is 115 Å². The zero-order valence-electron chi connectivity index (χ0n) is 11.2. The van der Waals surface area contributed by atoms with E-state index in [2.05, 4.69) is 0 Å². The van der Waals surface area contributed by atoms with Gasteiger partial charge in [-0.15, -0.1) is 0 Å². The van der Waals surface area contributed by atoms with Gasteiger partial charge in [0.15, 0.2) is 0 Å². The van der Waals surface area contributed by atoms with E-state index in [1.54, 1.807) is 0 Å². The Morgan fingerprint density at radius 2 is 1.32 bits per heavy atom. The van der Waals surface area contributed by atoms with Crippen LogP contribution in [-0.2, 0) is 0 Å². The molecule has 0 amide bonds. The summed E-state index contributed by atoms with van der Waals surface area (Å²) in [5, 5.41) is 3.38. The third-order valence-electron chi connectivity index (χ3n) is 4.47. The molecule has 1 aliphatic rings. The van der Waals surface area contributed by atoms with E-state index in [0.717, 1.165) is 32.4 Å². The summed E-state index contributed by atoms with van der Waals surface area (Å²) in [4.78, 5) is 25.7. The zero-order chi connectivity index (χ0) is 13.6. The summed E-state index contributed by atoms with van der Waals surface area (Å²) in [7, 11) is 0. The first kappa shape index (κ1) is 12.6. The first-order chi connectivity index (χ1) is 9.15. The van der Waals surface area contributed by atoms with Crippen LogP contribution in [0.3, 0.4) is 0 Å². The molecule has 19 heavy (non-hydrogen) atoms. The Balaban J connectivity index is 2.44. The summed E-state index contributed by atoms with van der Waals surface area (Å²) in [5.41, 5.74) is 1.58. The SMILES string of the molecule is C[CH2][Ge]1([CH2]C)[C](=O)c2cccc3cccc(c23)[C]1=O.